The van der Waals surface area contributed by atoms with E-state index in [1.807, 2.05) is 60.1 Å². The van der Waals surface area contributed by atoms with E-state index in [-0.39, 0.29) is 0 Å². The molecule has 0 aliphatic heterocycles. The van der Waals surface area contributed by atoms with E-state index in [1.54, 1.807) is 24.8 Å². The molecule has 0 spiro atoms. The Labute approximate surface area is 364 Å². The van der Waals surface area contributed by atoms with Crippen molar-refractivity contribution in [2.75, 3.05) is 0 Å². The third kappa shape index (κ3) is 5.60. The van der Waals surface area contributed by atoms with E-state index in [1.165, 1.54) is 20.2 Å². The number of fused-ring (bicyclic) bond motifs is 9. The molecule has 0 N–H and O–H groups in total. The molecule has 0 fully saturated rings. The van der Waals surface area contributed by atoms with Crippen LogP contribution >= 0.6 is 11.3 Å². The van der Waals surface area contributed by atoms with E-state index in [2.05, 4.69) is 150 Å². The van der Waals surface area contributed by atoms with E-state index < -0.39 is 0 Å². The van der Waals surface area contributed by atoms with Gasteiger partial charge in [0, 0.05) is 90.6 Å². The fourth-order valence-corrected chi connectivity index (χ4v) is 10.4. The zero-order valence-electron chi connectivity index (χ0n) is 33.5. The lowest BCUT2D eigenvalue weighted by Gasteiger charge is -2.11. The first-order chi connectivity index (χ1) is 31.2. The summed E-state index contributed by atoms with van der Waals surface area (Å²) in [6, 6.07) is 55.7. The lowest BCUT2D eigenvalue weighted by atomic mass is 9.98. The molecule has 7 heterocycles. The first-order valence-electron chi connectivity index (χ1n) is 20.7. The first kappa shape index (κ1) is 35.4. The van der Waals surface area contributed by atoms with E-state index in [9.17, 15) is 0 Å². The summed E-state index contributed by atoms with van der Waals surface area (Å²) >= 11 is 1.82. The van der Waals surface area contributed by atoms with Gasteiger partial charge in [-0.15, -0.1) is 11.3 Å². The van der Waals surface area contributed by atoms with Gasteiger partial charge in [-0.1, -0.05) is 60.7 Å². The molecule has 7 aromatic heterocycles. The average Bonchev–Trinajstić information content (AvgIpc) is 4.01. The van der Waals surface area contributed by atoms with Crippen LogP contribution < -0.4 is 0 Å². The van der Waals surface area contributed by atoms with Crippen molar-refractivity contribution in [3.63, 3.8) is 0 Å². The molecule has 13 aromatic rings. The molecule has 0 unspecified atom stereocenters. The third-order valence-corrected chi connectivity index (χ3v) is 13.2. The van der Waals surface area contributed by atoms with Crippen molar-refractivity contribution < 1.29 is 0 Å². The molecule has 0 saturated carbocycles. The SMILES string of the molecule is c1cnc(-c2ccccc2-c2ccc3c(c2)c2ncccc2n3-c2ccc3sc4ccc(-n5c6ccc(-c7ccccc7-c7ncccn7)cc6c6ncccc65)cc4c3c2)nc1. The fourth-order valence-electron chi connectivity index (χ4n) is 9.33. The number of nitrogens with zero attached hydrogens (tertiary/aromatic N) is 8. The fraction of sp³-hybridized carbons (Fsp3) is 0. The monoisotopic (exact) mass is 824 g/mol. The van der Waals surface area contributed by atoms with Crippen LogP contribution in [-0.2, 0) is 0 Å². The van der Waals surface area contributed by atoms with Crippen LogP contribution in [0.5, 0.6) is 0 Å². The van der Waals surface area contributed by atoms with Crippen LogP contribution in [0.15, 0.2) is 195 Å². The molecule has 294 valence electrons. The third-order valence-electron chi connectivity index (χ3n) is 12.1. The largest absolute Gasteiger partial charge is 0.308 e. The van der Waals surface area contributed by atoms with Gasteiger partial charge in [-0.3, -0.25) is 9.97 Å². The van der Waals surface area contributed by atoms with Gasteiger partial charge in [-0.25, -0.2) is 19.9 Å². The molecular formula is C54H32N8S. The van der Waals surface area contributed by atoms with Crippen LogP contribution in [0.2, 0.25) is 0 Å². The summed E-state index contributed by atoms with van der Waals surface area (Å²) in [6.45, 7) is 0. The lowest BCUT2D eigenvalue weighted by Crippen LogP contribution is -1.95. The topological polar surface area (TPSA) is 87.2 Å². The highest BCUT2D eigenvalue weighted by atomic mass is 32.1. The normalized spacial score (nSPS) is 11.8. The van der Waals surface area contributed by atoms with E-state index in [0.29, 0.717) is 11.6 Å². The Morgan fingerprint density at radius 1 is 0.317 bits per heavy atom. The Morgan fingerprint density at radius 2 is 0.746 bits per heavy atom. The maximum absolute atomic E-state index is 4.95. The maximum atomic E-state index is 4.95. The predicted octanol–water partition coefficient (Wildman–Crippen LogP) is 13.3. The molecule has 0 amide bonds. The second kappa shape index (κ2) is 14.1. The summed E-state index contributed by atoms with van der Waals surface area (Å²) in [5, 5.41) is 4.60. The minimum atomic E-state index is 0.703. The van der Waals surface area contributed by atoms with Crippen molar-refractivity contribution in [3.8, 4) is 56.4 Å². The Morgan fingerprint density at radius 3 is 1.21 bits per heavy atom. The second-order valence-electron chi connectivity index (χ2n) is 15.6. The van der Waals surface area contributed by atoms with Crippen LogP contribution in [0.3, 0.4) is 0 Å². The van der Waals surface area contributed by atoms with Gasteiger partial charge in [0.05, 0.1) is 33.1 Å². The number of rotatable bonds is 6. The zero-order valence-corrected chi connectivity index (χ0v) is 34.3. The van der Waals surface area contributed by atoms with Gasteiger partial charge in [0.2, 0.25) is 0 Å². The van der Waals surface area contributed by atoms with Crippen LogP contribution in [0.1, 0.15) is 0 Å². The van der Waals surface area contributed by atoms with E-state index in [0.717, 1.165) is 88.6 Å². The molecule has 0 saturated heterocycles. The summed E-state index contributed by atoms with van der Waals surface area (Å²) in [7, 11) is 0. The van der Waals surface area contributed by atoms with Gasteiger partial charge < -0.3 is 9.13 Å². The van der Waals surface area contributed by atoms with Crippen molar-refractivity contribution in [2.24, 2.45) is 0 Å². The lowest BCUT2D eigenvalue weighted by molar-refractivity contribution is 1.18. The first-order valence-corrected chi connectivity index (χ1v) is 21.6. The Kier molecular flexibility index (Phi) is 7.91. The van der Waals surface area contributed by atoms with E-state index in [4.69, 9.17) is 9.97 Å². The molecule has 0 radical (unpaired) electrons. The van der Waals surface area contributed by atoms with E-state index >= 15 is 0 Å². The summed E-state index contributed by atoms with van der Waals surface area (Å²) in [5.74, 6) is 1.41. The summed E-state index contributed by atoms with van der Waals surface area (Å²) in [4.78, 5) is 28.2. The van der Waals surface area contributed by atoms with Crippen molar-refractivity contribution in [3.05, 3.63) is 195 Å². The Hall–Kier alpha value is -8.40. The highest BCUT2D eigenvalue weighted by Crippen LogP contribution is 2.42. The minimum absolute atomic E-state index is 0.703. The van der Waals surface area contributed by atoms with Gasteiger partial charge >= 0.3 is 0 Å². The number of aromatic nitrogens is 8. The minimum Gasteiger partial charge on any atom is -0.308 e. The smallest absolute Gasteiger partial charge is 0.159 e. The summed E-state index contributed by atoms with van der Waals surface area (Å²) < 4.78 is 7.17. The van der Waals surface area contributed by atoms with Gasteiger partial charge in [0.15, 0.2) is 11.6 Å². The molecule has 63 heavy (non-hydrogen) atoms. The molecular weight excluding hydrogens is 793 g/mol. The number of hydrogen-bond donors (Lipinski definition) is 0. The van der Waals surface area contributed by atoms with Crippen molar-refractivity contribution >= 4 is 75.4 Å². The molecule has 0 bridgehead atoms. The number of thiophene rings is 1. The van der Waals surface area contributed by atoms with Crippen LogP contribution in [0.4, 0.5) is 0 Å². The summed E-state index contributed by atoms with van der Waals surface area (Å²) in [5.41, 5.74) is 14.7. The molecule has 9 heteroatoms. The van der Waals surface area contributed by atoms with Gasteiger partial charge in [-0.2, -0.15) is 0 Å². The molecule has 8 nitrogen and oxygen atoms in total. The van der Waals surface area contributed by atoms with Crippen LogP contribution in [0.25, 0.3) is 120 Å². The van der Waals surface area contributed by atoms with Crippen molar-refractivity contribution in [1.82, 2.24) is 39.0 Å². The highest BCUT2D eigenvalue weighted by molar-refractivity contribution is 7.25. The predicted molar refractivity (Wildman–Crippen MR) is 257 cm³/mol. The number of pyridine rings is 2. The molecule has 0 atom stereocenters. The van der Waals surface area contributed by atoms with Crippen molar-refractivity contribution in [2.45, 2.75) is 0 Å². The van der Waals surface area contributed by atoms with Gasteiger partial charge in [0.1, 0.15) is 0 Å². The van der Waals surface area contributed by atoms with Crippen LogP contribution in [-0.4, -0.2) is 39.0 Å². The zero-order chi connectivity index (χ0) is 41.4. The quantitative estimate of drug-likeness (QED) is 0.166. The Bertz CT molecular complexity index is 3670. The Balaban J connectivity index is 0.952. The molecule has 13 rings (SSSR count). The number of hydrogen-bond acceptors (Lipinski definition) is 7. The summed E-state index contributed by atoms with van der Waals surface area (Å²) in [6.07, 6.45) is 10.9. The average molecular weight is 825 g/mol. The molecule has 0 aliphatic carbocycles. The highest BCUT2D eigenvalue weighted by Gasteiger charge is 2.20. The van der Waals surface area contributed by atoms with Gasteiger partial charge in [0.25, 0.3) is 0 Å². The second-order valence-corrected chi connectivity index (χ2v) is 16.7. The molecule has 0 aliphatic rings. The molecule has 6 aromatic carbocycles. The number of benzene rings is 6. The van der Waals surface area contributed by atoms with Crippen LogP contribution in [0, 0.1) is 0 Å². The van der Waals surface area contributed by atoms with Gasteiger partial charge in [-0.05, 0) is 119 Å². The maximum Gasteiger partial charge on any atom is 0.159 e. The standard InChI is InChI=1S/C54H32N8S/c1-3-11-39(53-57-25-7-26-58-53)37(9-1)33-15-19-45-43(29-33)51-47(13-5-23-55-51)61(45)35-17-21-49-41(31-35)42-32-36(18-22-50(42)63-49)62-46-20-16-34(30-44(46)52-48(62)14-6-24-56-52)38-10-2-4-12-40(38)54-59-27-8-28-60-54/h1-32H. The van der Waals surface area contributed by atoms with Crippen molar-refractivity contribution in [1.29, 1.82) is 0 Å².